The lowest BCUT2D eigenvalue weighted by Crippen LogP contribution is -2.27. The Morgan fingerprint density at radius 2 is 2.29 bits per heavy atom. The Bertz CT molecular complexity index is 277. The van der Waals surface area contributed by atoms with E-state index in [0.717, 1.165) is 22.1 Å². The molecule has 0 saturated heterocycles. The first-order valence-electron chi connectivity index (χ1n) is 4.72. The summed E-state index contributed by atoms with van der Waals surface area (Å²) in [5.74, 6) is 0. The SMILES string of the molecule is CCCC(OC)C(N)c1ccc(Cl)s1. The van der Waals surface area contributed by atoms with Gasteiger partial charge >= 0.3 is 0 Å². The van der Waals surface area contributed by atoms with Gasteiger partial charge in [0.05, 0.1) is 16.5 Å². The number of halogens is 1. The van der Waals surface area contributed by atoms with Crippen molar-refractivity contribution in [2.75, 3.05) is 7.11 Å². The molecule has 2 atom stereocenters. The van der Waals surface area contributed by atoms with Gasteiger partial charge in [-0.05, 0) is 18.6 Å². The van der Waals surface area contributed by atoms with Crippen LogP contribution in [0.3, 0.4) is 0 Å². The van der Waals surface area contributed by atoms with Crippen LogP contribution in [0.15, 0.2) is 12.1 Å². The third-order valence-electron chi connectivity index (χ3n) is 2.20. The van der Waals surface area contributed by atoms with Gasteiger partial charge in [-0.2, -0.15) is 0 Å². The molecule has 0 aliphatic rings. The molecule has 0 aliphatic heterocycles. The molecule has 4 heteroatoms. The van der Waals surface area contributed by atoms with Crippen LogP contribution in [0, 0.1) is 0 Å². The van der Waals surface area contributed by atoms with Crippen molar-refractivity contribution >= 4 is 22.9 Å². The molecule has 0 spiro atoms. The number of rotatable bonds is 5. The summed E-state index contributed by atoms with van der Waals surface area (Å²) in [4.78, 5) is 1.09. The largest absolute Gasteiger partial charge is 0.379 e. The maximum atomic E-state index is 6.08. The molecule has 0 amide bonds. The lowest BCUT2D eigenvalue weighted by molar-refractivity contribution is 0.0734. The smallest absolute Gasteiger partial charge is 0.0931 e. The summed E-state index contributed by atoms with van der Waals surface area (Å²) in [6, 6.07) is 3.79. The molecule has 0 fully saturated rings. The summed E-state index contributed by atoms with van der Waals surface area (Å²) >= 11 is 7.38. The van der Waals surface area contributed by atoms with Crippen LogP contribution in [-0.2, 0) is 4.74 Å². The minimum Gasteiger partial charge on any atom is -0.379 e. The van der Waals surface area contributed by atoms with E-state index in [9.17, 15) is 0 Å². The van der Waals surface area contributed by atoms with Crippen molar-refractivity contribution < 1.29 is 4.74 Å². The minimum atomic E-state index is -0.0579. The third kappa shape index (κ3) is 2.95. The van der Waals surface area contributed by atoms with E-state index >= 15 is 0 Å². The molecule has 1 aromatic rings. The van der Waals surface area contributed by atoms with Crippen molar-refractivity contribution in [2.24, 2.45) is 5.73 Å². The Morgan fingerprint density at radius 1 is 1.57 bits per heavy atom. The van der Waals surface area contributed by atoms with Crippen LogP contribution in [0.2, 0.25) is 4.34 Å². The highest BCUT2D eigenvalue weighted by Gasteiger charge is 2.19. The Balaban J connectivity index is 2.66. The first kappa shape index (κ1) is 12.0. The third-order valence-corrected chi connectivity index (χ3v) is 3.53. The first-order valence-corrected chi connectivity index (χ1v) is 5.92. The molecule has 1 heterocycles. The molecule has 1 aromatic heterocycles. The van der Waals surface area contributed by atoms with Gasteiger partial charge in [-0.3, -0.25) is 0 Å². The Hall–Kier alpha value is -0.0900. The van der Waals surface area contributed by atoms with Gasteiger partial charge in [0.15, 0.2) is 0 Å². The van der Waals surface area contributed by atoms with Crippen molar-refractivity contribution in [3.8, 4) is 0 Å². The van der Waals surface area contributed by atoms with E-state index in [4.69, 9.17) is 22.1 Å². The van der Waals surface area contributed by atoms with Crippen molar-refractivity contribution in [3.05, 3.63) is 21.3 Å². The van der Waals surface area contributed by atoms with Crippen LogP contribution < -0.4 is 5.73 Å². The fourth-order valence-corrected chi connectivity index (χ4v) is 2.53. The van der Waals surface area contributed by atoms with Gasteiger partial charge in [-0.1, -0.05) is 24.9 Å². The van der Waals surface area contributed by atoms with Crippen LogP contribution >= 0.6 is 22.9 Å². The molecule has 14 heavy (non-hydrogen) atoms. The standard InChI is InChI=1S/C10H16ClNOS/c1-3-4-7(13-2)10(12)8-5-6-9(11)14-8/h5-7,10H,3-4,12H2,1-2H3. The summed E-state index contributed by atoms with van der Waals surface area (Å²) in [5.41, 5.74) is 6.08. The maximum absolute atomic E-state index is 6.08. The minimum absolute atomic E-state index is 0.0579. The first-order chi connectivity index (χ1) is 6.69. The van der Waals surface area contributed by atoms with Crippen molar-refractivity contribution in [1.82, 2.24) is 0 Å². The van der Waals surface area contributed by atoms with Gasteiger partial charge in [-0.25, -0.2) is 0 Å². The molecular weight excluding hydrogens is 218 g/mol. The van der Waals surface area contributed by atoms with Gasteiger partial charge in [0, 0.05) is 12.0 Å². The van der Waals surface area contributed by atoms with Gasteiger partial charge in [0.25, 0.3) is 0 Å². The van der Waals surface area contributed by atoms with Crippen molar-refractivity contribution in [1.29, 1.82) is 0 Å². The Morgan fingerprint density at radius 3 is 2.71 bits per heavy atom. The van der Waals surface area contributed by atoms with Crippen LogP contribution in [0.4, 0.5) is 0 Å². The fraction of sp³-hybridized carbons (Fsp3) is 0.600. The highest BCUT2D eigenvalue weighted by molar-refractivity contribution is 7.16. The molecule has 1 rings (SSSR count). The lowest BCUT2D eigenvalue weighted by atomic mass is 10.1. The zero-order valence-electron chi connectivity index (χ0n) is 8.50. The highest BCUT2D eigenvalue weighted by Crippen LogP contribution is 2.29. The quantitative estimate of drug-likeness (QED) is 0.848. The van der Waals surface area contributed by atoms with Crippen LogP contribution in [0.25, 0.3) is 0 Å². The fourth-order valence-electron chi connectivity index (χ4n) is 1.42. The second-order valence-electron chi connectivity index (χ2n) is 3.23. The van der Waals surface area contributed by atoms with E-state index in [2.05, 4.69) is 6.92 Å². The topological polar surface area (TPSA) is 35.2 Å². The number of methoxy groups -OCH3 is 1. The summed E-state index contributed by atoms with van der Waals surface area (Å²) in [6.07, 6.45) is 2.15. The summed E-state index contributed by atoms with van der Waals surface area (Å²) in [7, 11) is 1.70. The zero-order chi connectivity index (χ0) is 10.6. The predicted molar refractivity (Wildman–Crippen MR) is 62.0 cm³/mol. The molecule has 2 unspecified atom stereocenters. The molecular formula is C10H16ClNOS. The monoisotopic (exact) mass is 233 g/mol. The van der Waals surface area contributed by atoms with Crippen LogP contribution in [-0.4, -0.2) is 13.2 Å². The van der Waals surface area contributed by atoms with Crippen molar-refractivity contribution in [3.63, 3.8) is 0 Å². The predicted octanol–water partition coefficient (Wildman–Crippen LogP) is 3.22. The Kier molecular flexibility index (Phi) is 4.89. The number of nitrogens with two attached hydrogens (primary N) is 1. The summed E-state index contributed by atoms with van der Waals surface area (Å²) < 4.78 is 6.13. The molecule has 0 aliphatic carbocycles. The second-order valence-corrected chi connectivity index (χ2v) is 4.98. The summed E-state index contributed by atoms with van der Waals surface area (Å²) in [5, 5.41) is 0. The summed E-state index contributed by atoms with van der Waals surface area (Å²) in [6.45, 7) is 2.13. The molecule has 0 saturated carbocycles. The molecule has 2 nitrogen and oxygen atoms in total. The molecule has 0 aromatic carbocycles. The number of hydrogen-bond acceptors (Lipinski definition) is 3. The molecule has 0 bridgehead atoms. The van der Waals surface area contributed by atoms with Crippen LogP contribution in [0.5, 0.6) is 0 Å². The van der Waals surface area contributed by atoms with Gasteiger partial charge in [0.1, 0.15) is 0 Å². The number of hydrogen-bond donors (Lipinski definition) is 1. The average molecular weight is 234 g/mol. The van der Waals surface area contributed by atoms with E-state index in [0.29, 0.717) is 0 Å². The maximum Gasteiger partial charge on any atom is 0.0931 e. The van der Waals surface area contributed by atoms with Gasteiger partial charge in [0.2, 0.25) is 0 Å². The molecule has 0 radical (unpaired) electrons. The van der Waals surface area contributed by atoms with E-state index < -0.39 is 0 Å². The molecule has 2 N–H and O–H groups in total. The molecule has 80 valence electrons. The zero-order valence-corrected chi connectivity index (χ0v) is 10.1. The average Bonchev–Trinajstić information content (AvgIpc) is 2.60. The normalized spacial score (nSPS) is 15.4. The lowest BCUT2D eigenvalue weighted by Gasteiger charge is -2.20. The van der Waals surface area contributed by atoms with E-state index in [1.54, 1.807) is 7.11 Å². The Labute approximate surface area is 94.0 Å². The van der Waals surface area contributed by atoms with E-state index in [1.807, 2.05) is 12.1 Å². The number of ether oxygens (including phenoxy) is 1. The second kappa shape index (κ2) is 5.71. The van der Waals surface area contributed by atoms with E-state index in [-0.39, 0.29) is 12.1 Å². The van der Waals surface area contributed by atoms with E-state index in [1.165, 1.54) is 11.3 Å². The van der Waals surface area contributed by atoms with Crippen molar-refractivity contribution in [2.45, 2.75) is 31.9 Å². The van der Waals surface area contributed by atoms with Crippen LogP contribution in [0.1, 0.15) is 30.7 Å². The highest BCUT2D eigenvalue weighted by atomic mass is 35.5. The van der Waals surface area contributed by atoms with Gasteiger partial charge < -0.3 is 10.5 Å². The van der Waals surface area contributed by atoms with Gasteiger partial charge in [-0.15, -0.1) is 11.3 Å². The number of thiophene rings is 1.